The topological polar surface area (TPSA) is 103 Å². The van der Waals surface area contributed by atoms with E-state index in [2.05, 4.69) is 4.98 Å². The first-order valence-corrected chi connectivity index (χ1v) is 9.72. The van der Waals surface area contributed by atoms with Crippen molar-refractivity contribution in [2.24, 2.45) is 0 Å². The number of carbonyl (C=O) groups excluding carboxylic acids is 2. The number of nitrogens with zero attached hydrogens (tertiary/aromatic N) is 2. The fourth-order valence-electron chi connectivity index (χ4n) is 2.73. The lowest BCUT2D eigenvalue weighted by Crippen LogP contribution is -2.51. The summed E-state index contributed by atoms with van der Waals surface area (Å²) < 4.78 is 37.0. The third kappa shape index (κ3) is 3.63. The average Bonchev–Trinajstić information content (AvgIpc) is 2.72. The van der Waals surface area contributed by atoms with Crippen LogP contribution < -0.4 is 0 Å². The SMILES string of the molecule is COC(=O)c1cc(S(=O)(=O)N(C)C(C)(C(=O)OC)c2ccccn2)ccc1C. The molecule has 1 aromatic heterocycles. The Morgan fingerprint density at radius 3 is 2.32 bits per heavy atom. The molecule has 1 atom stereocenters. The molecule has 0 fully saturated rings. The maximum Gasteiger partial charge on any atom is 0.338 e. The number of likely N-dealkylation sites (N-methyl/N-ethyl adjacent to an activating group) is 1. The largest absolute Gasteiger partial charge is 0.467 e. The number of benzene rings is 1. The Morgan fingerprint density at radius 2 is 1.79 bits per heavy atom. The van der Waals surface area contributed by atoms with Crippen LogP contribution in [0.25, 0.3) is 0 Å². The first-order valence-electron chi connectivity index (χ1n) is 8.28. The van der Waals surface area contributed by atoms with Gasteiger partial charge in [-0.15, -0.1) is 0 Å². The molecule has 1 aromatic carbocycles. The van der Waals surface area contributed by atoms with E-state index in [1.807, 2.05) is 0 Å². The maximum absolute atomic E-state index is 13.3. The molecule has 9 heteroatoms. The van der Waals surface area contributed by atoms with Crippen LogP contribution in [0.15, 0.2) is 47.5 Å². The van der Waals surface area contributed by atoms with Crippen LogP contribution in [0.1, 0.15) is 28.5 Å². The highest BCUT2D eigenvalue weighted by molar-refractivity contribution is 7.89. The Bertz CT molecular complexity index is 991. The van der Waals surface area contributed by atoms with Gasteiger partial charge in [0.05, 0.1) is 30.4 Å². The van der Waals surface area contributed by atoms with Crippen LogP contribution in [-0.4, -0.2) is 50.9 Å². The molecule has 1 heterocycles. The van der Waals surface area contributed by atoms with Crippen molar-refractivity contribution < 1.29 is 27.5 Å². The van der Waals surface area contributed by atoms with Crippen LogP contribution in [0.2, 0.25) is 0 Å². The third-order valence-electron chi connectivity index (χ3n) is 4.65. The molecule has 0 saturated carbocycles. The normalized spacial score (nSPS) is 13.6. The highest BCUT2D eigenvalue weighted by Gasteiger charge is 2.47. The van der Waals surface area contributed by atoms with Crippen LogP contribution in [0.3, 0.4) is 0 Å². The van der Waals surface area contributed by atoms with Crippen molar-refractivity contribution in [1.82, 2.24) is 9.29 Å². The molecule has 2 aromatic rings. The molecule has 0 N–H and O–H groups in total. The second-order valence-electron chi connectivity index (χ2n) is 6.22. The van der Waals surface area contributed by atoms with Crippen molar-refractivity contribution in [2.45, 2.75) is 24.3 Å². The first kappa shape index (κ1) is 21.5. The minimum absolute atomic E-state index is 0.120. The molecule has 1 unspecified atom stereocenters. The van der Waals surface area contributed by atoms with Gasteiger partial charge in [-0.05, 0) is 43.7 Å². The predicted molar refractivity (Wildman–Crippen MR) is 101 cm³/mol. The number of aromatic nitrogens is 1. The lowest BCUT2D eigenvalue weighted by atomic mass is 9.97. The van der Waals surface area contributed by atoms with Crippen molar-refractivity contribution in [3.63, 3.8) is 0 Å². The van der Waals surface area contributed by atoms with Gasteiger partial charge in [0, 0.05) is 13.2 Å². The Hall–Kier alpha value is -2.78. The number of hydrogen-bond donors (Lipinski definition) is 0. The molecular formula is C19H22N2O6S. The number of carbonyl (C=O) groups is 2. The van der Waals surface area contributed by atoms with Gasteiger partial charge < -0.3 is 9.47 Å². The number of aryl methyl sites for hydroxylation is 1. The highest BCUT2D eigenvalue weighted by atomic mass is 32.2. The summed E-state index contributed by atoms with van der Waals surface area (Å²) in [6.07, 6.45) is 1.46. The van der Waals surface area contributed by atoms with Crippen LogP contribution in [0, 0.1) is 6.92 Å². The third-order valence-corrected chi connectivity index (χ3v) is 6.58. The molecule has 0 bridgehead atoms. The lowest BCUT2D eigenvalue weighted by molar-refractivity contribution is -0.151. The average molecular weight is 406 g/mol. The van der Waals surface area contributed by atoms with E-state index < -0.39 is 27.5 Å². The van der Waals surface area contributed by atoms with Crippen LogP contribution in [0.5, 0.6) is 0 Å². The zero-order valence-electron chi connectivity index (χ0n) is 16.3. The highest BCUT2D eigenvalue weighted by Crippen LogP contribution is 2.32. The van der Waals surface area contributed by atoms with E-state index in [1.54, 1.807) is 19.1 Å². The van der Waals surface area contributed by atoms with Crippen molar-refractivity contribution >= 4 is 22.0 Å². The molecule has 8 nitrogen and oxygen atoms in total. The molecule has 0 aliphatic rings. The minimum atomic E-state index is -4.20. The molecule has 28 heavy (non-hydrogen) atoms. The summed E-state index contributed by atoms with van der Waals surface area (Å²) in [4.78, 5) is 28.5. The Balaban J connectivity index is 2.63. The fraction of sp³-hybridized carbons (Fsp3) is 0.316. The van der Waals surface area contributed by atoms with Gasteiger partial charge in [-0.25, -0.2) is 18.0 Å². The number of pyridine rings is 1. The summed E-state index contributed by atoms with van der Waals surface area (Å²) in [5.74, 6) is -1.45. The summed E-state index contributed by atoms with van der Waals surface area (Å²) in [5, 5.41) is 0. The van der Waals surface area contributed by atoms with Crippen molar-refractivity contribution in [1.29, 1.82) is 0 Å². The van der Waals surface area contributed by atoms with E-state index in [0.29, 0.717) is 5.56 Å². The molecule has 150 valence electrons. The summed E-state index contributed by atoms with van der Waals surface area (Å²) in [6, 6.07) is 8.93. The lowest BCUT2D eigenvalue weighted by Gasteiger charge is -2.34. The maximum atomic E-state index is 13.3. The minimum Gasteiger partial charge on any atom is -0.467 e. The van der Waals surface area contributed by atoms with Gasteiger partial charge in [-0.2, -0.15) is 4.31 Å². The van der Waals surface area contributed by atoms with Crippen LogP contribution in [-0.2, 0) is 29.8 Å². The number of rotatable bonds is 6. The molecule has 2 rings (SSSR count). The Labute approximate surface area is 164 Å². The Morgan fingerprint density at radius 1 is 1.11 bits per heavy atom. The van der Waals surface area contributed by atoms with Gasteiger partial charge in [0.1, 0.15) is 0 Å². The number of methoxy groups -OCH3 is 2. The fourth-order valence-corrected chi connectivity index (χ4v) is 4.21. The van der Waals surface area contributed by atoms with E-state index in [1.165, 1.54) is 58.7 Å². The van der Waals surface area contributed by atoms with E-state index in [9.17, 15) is 18.0 Å². The summed E-state index contributed by atoms with van der Waals surface area (Å²) in [6.45, 7) is 3.08. The van der Waals surface area contributed by atoms with Gasteiger partial charge in [-0.1, -0.05) is 12.1 Å². The number of sulfonamides is 1. The van der Waals surface area contributed by atoms with Gasteiger partial charge in [0.15, 0.2) is 5.54 Å². The quantitative estimate of drug-likeness (QED) is 0.675. The number of hydrogen-bond acceptors (Lipinski definition) is 7. The first-order chi connectivity index (χ1) is 13.1. The second kappa shape index (κ2) is 8.07. The van der Waals surface area contributed by atoms with Crippen molar-refractivity contribution in [3.8, 4) is 0 Å². The van der Waals surface area contributed by atoms with Gasteiger partial charge in [0.25, 0.3) is 0 Å². The van der Waals surface area contributed by atoms with Gasteiger partial charge in [0.2, 0.25) is 10.0 Å². The summed E-state index contributed by atoms with van der Waals surface area (Å²) >= 11 is 0. The van der Waals surface area contributed by atoms with Crippen molar-refractivity contribution in [2.75, 3.05) is 21.3 Å². The monoisotopic (exact) mass is 406 g/mol. The van der Waals surface area contributed by atoms with E-state index in [4.69, 9.17) is 9.47 Å². The summed E-state index contributed by atoms with van der Waals surface area (Å²) in [7, 11) is -0.549. The Kier molecular flexibility index (Phi) is 6.20. The molecule has 0 spiro atoms. The van der Waals surface area contributed by atoms with E-state index >= 15 is 0 Å². The van der Waals surface area contributed by atoms with Crippen molar-refractivity contribution in [3.05, 3.63) is 59.4 Å². The standard InChI is InChI=1S/C19H22N2O6S/c1-13-9-10-14(12-15(13)17(22)26-4)28(24,25)21(3)19(2,18(23)27-5)16-8-6-7-11-20-16/h6-12H,1-5H3. The van der Waals surface area contributed by atoms with Crippen LogP contribution in [0.4, 0.5) is 0 Å². The molecule has 0 aliphatic heterocycles. The van der Waals surface area contributed by atoms with E-state index in [0.717, 1.165) is 4.31 Å². The summed E-state index contributed by atoms with van der Waals surface area (Å²) in [5.41, 5.74) is -0.831. The zero-order valence-corrected chi connectivity index (χ0v) is 17.1. The van der Waals surface area contributed by atoms with Crippen LogP contribution >= 0.6 is 0 Å². The zero-order chi connectivity index (χ0) is 21.1. The van der Waals surface area contributed by atoms with Gasteiger partial charge in [-0.3, -0.25) is 4.98 Å². The number of esters is 2. The smallest absolute Gasteiger partial charge is 0.338 e. The second-order valence-corrected chi connectivity index (χ2v) is 8.19. The molecule has 0 aliphatic carbocycles. The molecule has 0 saturated heterocycles. The van der Waals surface area contributed by atoms with Gasteiger partial charge >= 0.3 is 11.9 Å². The number of ether oxygens (including phenoxy) is 2. The molecular weight excluding hydrogens is 384 g/mol. The molecule has 0 amide bonds. The molecule has 0 radical (unpaired) electrons. The van der Waals surface area contributed by atoms with E-state index in [-0.39, 0.29) is 16.2 Å². The predicted octanol–water partition coefficient (Wildman–Crippen LogP) is 1.89.